The monoisotopic (exact) mass is 399 g/mol. The molecule has 4 nitrogen and oxygen atoms in total. The zero-order chi connectivity index (χ0) is 17.8. The van der Waals surface area contributed by atoms with Gasteiger partial charge in [0.2, 0.25) is 6.10 Å². The van der Waals surface area contributed by atoms with Gasteiger partial charge in [-0.15, -0.1) is 0 Å². The first-order valence-corrected chi connectivity index (χ1v) is 8.89. The van der Waals surface area contributed by atoms with Crippen molar-refractivity contribution in [3.63, 3.8) is 0 Å². The maximum Gasteiger partial charge on any atom is 0.339 e. The number of primary amides is 1. The summed E-state index contributed by atoms with van der Waals surface area (Å²) in [7, 11) is 0. The van der Waals surface area contributed by atoms with Crippen molar-refractivity contribution in [2.75, 3.05) is 0 Å². The first-order chi connectivity index (χ1) is 12.0. The Bertz CT molecular complexity index is 827. The summed E-state index contributed by atoms with van der Waals surface area (Å²) in [5.41, 5.74) is 8.76. The predicted octanol–water partition coefficient (Wildman–Crippen LogP) is 4.40. The normalized spacial score (nSPS) is 14.7. The topological polar surface area (TPSA) is 69.4 Å². The van der Waals surface area contributed by atoms with Gasteiger partial charge in [0.15, 0.2) is 0 Å². The fourth-order valence-corrected chi connectivity index (χ4v) is 3.31. The van der Waals surface area contributed by atoms with Crippen molar-refractivity contribution >= 4 is 33.4 Å². The molecule has 1 amide bonds. The van der Waals surface area contributed by atoms with Crippen LogP contribution in [-0.2, 0) is 9.53 Å². The van der Waals surface area contributed by atoms with Crippen LogP contribution in [0, 0.1) is 0 Å². The lowest BCUT2D eigenvalue weighted by molar-refractivity contribution is -0.127. The predicted molar refractivity (Wildman–Crippen MR) is 99.8 cm³/mol. The lowest BCUT2D eigenvalue weighted by Gasteiger charge is -2.15. The molecule has 25 heavy (non-hydrogen) atoms. The maximum absolute atomic E-state index is 12.4. The van der Waals surface area contributed by atoms with Crippen LogP contribution in [0.2, 0.25) is 0 Å². The first-order valence-electron chi connectivity index (χ1n) is 8.10. The highest BCUT2D eigenvalue weighted by Crippen LogP contribution is 2.28. The minimum atomic E-state index is -1.12. The average molecular weight is 400 g/mol. The van der Waals surface area contributed by atoms with Gasteiger partial charge in [0.05, 0.1) is 5.56 Å². The third-order valence-electron chi connectivity index (χ3n) is 4.17. The maximum atomic E-state index is 12.4. The highest BCUT2D eigenvalue weighted by molar-refractivity contribution is 9.10. The number of halogens is 1. The number of carbonyl (C=O) groups is 2. The lowest BCUT2D eigenvalue weighted by atomic mass is 10.0. The summed E-state index contributed by atoms with van der Waals surface area (Å²) in [5, 5.41) is 0. The van der Waals surface area contributed by atoms with E-state index in [1.54, 1.807) is 30.3 Å². The van der Waals surface area contributed by atoms with Gasteiger partial charge in [-0.05, 0) is 54.7 Å². The molecule has 1 aliphatic rings. The van der Waals surface area contributed by atoms with Crippen LogP contribution in [0.3, 0.4) is 0 Å². The van der Waals surface area contributed by atoms with Crippen LogP contribution in [0.4, 0.5) is 0 Å². The number of amides is 1. The molecular formula is C20H18BrNO3. The smallest absolute Gasteiger partial charge is 0.339 e. The Labute approximate surface area is 154 Å². The van der Waals surface area contributed by atoms with Gasteiger partial charge in [-0.25, -0.2) is 4.79 Å². The lowest BCUT2D eigenvalue weighted by Crippen LogP contribution is -2.26. The highest BCUT2D eigenvalue weighted by atomic mass is 79.9. The van der Waals surface area contributed by atoms with Gasteiger partial charge >= 0.3 is 5.97 Å². The second-order valence-electron chi connectivity index (χ2n) is 5.94. The molecule has 0 heterocycles. The zero-order valence-corrected chi connectivity index (χ0v) is 15.2. The molecule has 0 aliphatic heterocycles. The molecule has 1 atom stereocenters. The largest absolute Gasteiger partial charge is 0.444 e. The standard InChI is InChI=1S/C20H18BrNO3/c21-17-7-3-6-16(12-17)18(19(22)23)25-20(24)15-10-8-14(9-11-15)13-4-1-2-5-13/h3-4,6-12,18H,1-2,5H2,(H2,22,23). The number of benzene rings is 2. The number of esters is 1. The molecule has 0 aromatic heterocycles. The number of ether oxygens (including phenoxy) is 1. The fourth-order valence-electron chi connectivity index (χ4n) is 2.89. The fraction of sp³-hybridized carbons (Fsp3) is 0.200. The van der Waals surface area contributed by atoms with Crippen LogP contribution in [0.15, 0.2) is 59.1 Å². The Hall–Kier alpha value is -2.40. The minimum absolute atomic E-state index is 0.392. The van der Waals surface area contributed by atoms with E-state index in [0.717, 1.165) is 22.9 Å². The van der Waals surface area contributed by atoms with Gasteiger partial charge < -0.3 is 10.5 Å². The molecular weight excluding hydrogens is 382 g/mol. The Kier molecular flexibility index (Phi) is 5.34. The summed E-state index contributed by atoms with van der Waals surface area (Å²) in [6, 6.07) is 14.2. The van der Waals surface area contributed by atoms with Crippen LogP contribution in [0.25, 0.3) is 5.57 Å². The van der Waals surface area contributed by atoms with Crippen LogP contribution in [0.1, 0.15) is 46.9 Å². The van der Waals surface area contributed by atoms with Gasteiger partial charge in [-0.1, -0.05) is 46.3 Å². The van der Waals surface area contributed by atoms with Gasteiger partial charge in [-0.3, -0.25) is 4.79 Å². The summed E-state index contributed by atoms with van der Waals surface area (Å²) in [5.74, 6) is -1.28. The molecule has 2 N–H and O–H groups in total. The summed E-state index contributed by atoms with van der Waals surface area (Å²) in [4.78, 5) is 24.1. The molecule has 0 radical (unpaired) electrons. The molecule has 0 fully saturated rings. The van der Waals surface area contributed by atoms with E-state index in [1.165, 1.54) is 12.0 Å². The van der Waals surface area contributed by atoms with Crippen LogP contribution in [0.5, 0.6) is 0 Å². The van der Waals surface area contributed by atoms with Crippen LogP contribution in [-0.4, -0.2) is 11.9 Å². The molecule has 1 unspecified atom stereocenters. The number of nitrogens with two attached hydrogens (primary N) is 1. The number of rotatable bonds is 5. The summed E-state index contributed by atoms with van der Waals surface area (Å²) < 4.78 is 6.13. The molecule has 0 spiro atoms. The Balaban J connectivity index is 1.76. The van der Waals surface area contributed by atoms with Crippen LogP contribution < -0.4 is 5.73 Å². The van der Waals surface area contributed by atoms with E-state index in [0.29, 0.717) is 11.1 Å². The highest BCUT2D eigenvalue weighted by Gasteiger charge is 2.23. The van der Waals surface area contributed by atoms with Crippen molar-refractivity contribution in [1.82, 2.24) is 0 Å². The third kappa shape index (κ3) is 4.17. The Morgan fingerprint density at radius 2 is 1.88 bits per heavy atom. The average Bonchev–Trinajstić information content (AvgIpc) is 3.14. The van der Waals surface area contributed by atoms with E-state index in [2.05, 4.69) is 22.0 Å². The van der Waals surface area contributed by atoms with Crippen molar-refractivity contribution in [2.45, 2.75) is 25.4 Å². The van der Waals surface area contributed by atoms with Gasteiger partial charge in [-0.2, -0.15) is 0 Å². The molecule has 1 aliphatic carbocycles. The van der Waals surface area contributed by atoms with Crippen molar-refractivity contribution in [2.24, 2.45) is 5.73 Å². The Morgan fingerprint density at radius 1 is 1.12 bits per heavy atom. The minimum Gasteiger partial charge on any atom is -0.444 e. The number of hydrogen-bond donors (Lipinski definition) is 1. The van der Waals surface area contributed by atoms with E-state index in [1.807, 2.05) is 18.2 Å². The van der Waals surface area contributed by atoms with Crippen molar-refractivity contribution in [3.8, 4) is 0 Å². The van der Waals surface area contributed by atoms with E-state index in [-0.39, 0.29) is 0 Å². The molecule has 5 heteroatoms. The molecule has 3 rings (SSSR count). The van der Waals surface area contributed by atoms with Gasteiger partial charge in [0.1, 0.15) is 0 Å². The van der Waals surface area contributed by atoms with Crippen LogP contribution >= 0.6 is 15.9 Å². The van der Waals surface area contributed by atoms with Crippen molar-refractivity contribution in [3.05, 3.63) is 75.8 Å². The second-order valence-corrected chi connectivity index (χ2v) is 6.86. The van der Waals surface area contributed by atoms with Crippen molar-refractivity contribution < 1.29 is 14.3 Å². The molecule has 0 saturated heterocycles. The summed E-state index contributed by atoms with van der Waals surface area (Å²) >= 11 is 3.33. The molecule has 128 valence electrons. The SMILES string of the molecule is NC(=O)C(OC(=O)c1ccc(C2=CCCC2)cc1)c1cccc(Br)c1. The quantitative estimate of drug-likeness (QED) is 0.757. The number of carbonyl (C=O) groups excluding carboxylic acids is 2. The van der Waals surface area contributed by atoms with E-state index < -0.39 is 18.0 Å². The van der Waals surface area contributed by atoms with E-state index in [9.17, 15) is 9.59 Å². The summed E-state index contributed by atoms with van der Waals surface area (Å²) in [6.07, 6.45) is 4.44. The third-order valence-corrected chi connectivity index (χ3v) is 4.66. The number of hydrogen-bond acceptors (Lipinski definition) is 3. The van der Waals surface area contributed by atoms with E-state index >= 15 is 0 Å². The second kappa shape index (κ2) is 7.66. The van der Waals surface area contributed by atoms with Gasteiger partial charge in [0.25, 0.3) is 5.91 Å². The van der Waals surface area contributed by atoms with Gasteiger partial charge in [0, 0.05) is 10.0 Å². The summed E-state index contributed by atoms with van der Waals surface area (Å²) in [6.45, 7) is 0. The number of allylic oxidation sites excluding steroid dienone is 2. The molecule has 0 saturated carbocycles. The molecule has 2 aromatic rings. The van der Waals surface area contributed by atoms with Crippen molar-refractivity contribution in [1.29, 1.82) is 0 Å². The molecule has 0 bridgehead atoms. The Morgan fingerprint density at radius 3 is 2.48 bits per heavy atom. The zero-order valence-electron chi connectivity index (χ0n) is 13.6. The van der Waals surface area contributed by atoms with E-state index in [4.69, 9.17) is 10.5 Å². The molecule has 2 aromatic carbocycles. The first kappa shape index (κ1) is 17.4.